The first kappa shape index (κ1) is 10.5. The van der Waals surface area contributed by atoms with Gasteiger partial charge in [-0.1, -0.05) is 0 Å². The van der Waals surface area contributed by atoms with Crippen LogP contribution in [0.25, 0.3) is 0 Å². The van der Waals surface area contributed by atoms with E-state index in [1.54, 1.807) is 18.3 Å². The number of hydrogen-bond donors (Lipinski definition) is 2. The Morgan fingerprint density at radius 2 is 2.24 bits per heavy atom. The third kappa shape index (κ3) is 1.76. The fourth-order valence-electron chi connectivity index (χ4n) is 2.80. The van der Waals surface area contributed by atoms with Gasteiger partial charge in [0.15, 0.2) is 0 Å². The average Bonchev–Trinajstić information content (AvgIpc) is 2.75. The molecule has 3 atom stereocenters. The Hall–Kier alpha value is -1.62. The van der Waals surface area contributed by atoms with Crippen LogP contribution in [-0.2, 0) is 0 Å². The molecule has 0 spiro atoms. The molecule has 1 aromatic heterocycles. The number of carboxylic acid groups (broad SMARTS) is 1. The molecule has 3 rings (SSSR count). The maximum absolute atomic E-state index is 11.0. The number of piperidine rings is 1. The van der Waals surface area contributed by atoms with Crippen LogP contribution in [0, 0.1) is 11.8 Å². The predicted molar refractivity (Wildman–Crippen MR) is 63.1 cm³/mol. The second kappa shape index (κ2) is 3.70. The van der Waals surface area contributed by atoms with Crippen molar-refractivity contribution in [2.45, 2.75) is 6.04 Å². The van der Waals surface area contributed by atoms with Gasteiger partial charge in [0.2, 0.25) is 0 Å². The van der Waals surface area contributed by atoms with E-state index < -0.39 is 5.97 Å². The van der Waals surface area contributed by atoms with E-state index in [4.69, 9.17) is 5.11 Å². The first-order chi connectivity index (χ1) is 8.16. The molecule has 90 valence electrons. The van der Waals surface area contributed by atoms with E-state index in [-0.39, 0.29) is 5.56 Å². The van der Waals surface area contributed by atoms with Crippen molar-refractivity contribution in [2.24, 2.45) is 11.8 Å². The summed E-state index contributed by atoms with van der Waals surface area (Å²) in [5, 5.41) is 12.3. The van der Waals surface area contributed by atoms with Crippen LogP contribution in [0.15, 0.2) is 18.3 Å². The van der Waals surface area contributed by atoms with Crippen molar-refractivity contribution < 1.29 is 9.90 Å². The maximum atomic E-state index is 11.0. The molecule has 2 N–H and O–H groups in total. The molecule has 0 bridgehead atoms. The van der Waals surface area contributed by atoms with Crippen LogP contribution in [0.3, 0.4) is 0 Å². The molecule has 5 heteroatoms. The average molecular weight is 233 g/mol. The molecule has 1 unspecified atom stereocenters. The number of carboxylic acids is 1. The summed E-state index contributed by atoms with van der Waals surface area (Å²) < 4.78 is 0. The molecule has 1 saturated heterocycles. The summed E-state index contributed by atoms with van der Waals surface area (Å²) in [5.74, 6) is 0.887. The van der Waals surface area contributed by atoms with Gasteiger partial charge in [-0.15, -0.1) is 0 Å². The van der Waals surface area contributed by atoms with Crippen molar-refractivity contribution in [2.75, 3.05) is 25.5 Å². The van der Waals surface area contributed by atoms with Gasteiger partial charge in [0.1, 0.15) is 11.4 Å². The quantitative estimate of drug-likeness (QED) is 0.806. The van der Waals surface area contributed by atoms with Crippen LogP contribution in [0.5, 0.6) is 0 Å². The first-order valence-corrected chi connectivity index (χ1v) is 5.80. The second-order valence-corrected chi connectivity index (χ2v) is 4.92. The van der Waals surface area contributed by atoms with Crippen LogP contribution >= 0.6 is 0 Å². The number of aromatic nitrogens is 1. The molecule has 5 nitrogen and oxygen atoms in total. The van der Waals surface area contributed by atoms with Crippen molar-refractivity contribution in [3.05, 3.63) is 23.9 Å². The minimum absolute atomic E-state index is 0.255. The Morgan fingerprint density at radius 3 is 2.88 bits per heavy atom. The lowest BCUT2D eigenvalue weighted by Gasteiger charge is -2.15. The summed E-state index contributed by atoms with van der Waals surface area (Å²) >= 11 is 0. The summed E-state index contributed by atoms with van der Waals surface area (Å²) in [6.07, 6.45) is 1.62. The lowest BCUT2D eigenvalue weighted by Crippen LogP contribution is -2.24. The van der Waals surface area contributed by atoms with Crippen LogP contribution in [-0.4, -0.2) is 47.1 Å². The van der Waals surface area contributed by atoms with Gasteiger partial charge < -0.3 is 15.3 Å². The molecule has 0 aromatic carbocycles. The molecule has 2 fully saturated rings. The molecular formula is C12H15N3O2. The van der Waals surface area contributed by atoms with Gasteiger partial charge in [0.25, 0.3) is 0 Å². The largest absolute Gasteiger partial charge is 0.478 e. The van der Waals surface area contributed by atoms with Gasteiger partial charge in [-0.2, -0.15) is 0 Å². The number of nitrogens with zero attached hydrogens (tertiary/aromatic N) is 2. The van der Waals surface area contributed by atoms with Crippen LogP contribution in [0.2, 0.25) is 0 Å². The van der Waals surface area contributed by atoms with Gasteiger partial charge >= 0.3 is 5.97 Å². The Balaban J connectivity index is 1.73. The fourth-order valence-corrected chi connectivity index (χ4v) is 2.80. The first-order valence-electron chi connectivity index (χ1n) is 5.80. The molecule has 1 aromatic rings. The predicted octanol–water partition coefficient (Wildman–Crippen LogP) is 0.752. The third-order valence-corrected chi connectivity index (χ3v) is 3.72. The topological polar surface area (TPSA) is 65.5 Å². The minimum Gasteiger partial charge on any atom is -0.478 e. The summed E-state index contributed by atoms with van der Waals surface area (Å²) in [6.45, 7) is 2.19. The van der Waals surface area contributed by atoms with Crippen molar-refractivity contribution in [3.8, 4) is 0 Å². The van der Waals surface area contributed by atoms with Crippen LogP contribution < -0.4 is 5.32 Å². The van der Waals surface area contributed by atoms with E-state index in [0.717, 1.165) is 13.1 Å². The summed E-state index contributed by atoms with van der Waals surface area (Å²) in [5.41, 5.74) is 0.255. The van der Waals surface area contributed by atoms with Gasteiger partial charge in [-0.05, 0) is 31.0 Å². The zero-order valence-electron chi connectivity index (χ0n) is 9.63. The number of rotatable bonds is 3. The lowest BCUT2D eigenvalue weighted by molar-refractivity contribution is 0.0697. The van der Waals surface area contributed by atoms with Gasteiger partial charge in [-0.25, -0.2) is 9.78 Å². The molecule has 1 saturated carbocycles. The highest BCUT2D eigenvalue weighted by Gasteiger charge is 2.55. The Morgan fingerprint density at radius 1 is 1.53 bits per heavy atom. The van der Waals surface area contributed by atoms with E-state index >= 15 is 0 Å². The van der Waals surface area contributed by atoms with E-state index in [9.17, 15) is 4.79 Å². The smallest absolute Gasteiger partial charge is 0.339 e. The van der Waals surface area contributed by atoms with Crippen molar-refractivity contribution in [1.29, 1.82) is 0 Å². The van der Waals surface area contributed by atoms with Crippen LogP contribution in [0.1, 0.15) is 10.4 Å². The maximum Gasteiger partial charge on any atom is 0.339 e. The van der Waals surface area contributed by atoms with Gasteiger partial charge in [0.05, 0.1) is 0 Å². The zero-order chi connectivity index (χ0) is 12.0. The molecule has 2 aliphatic rings. The molecule has 0 radical (unpaired) electrons. The van der Waals surface area contributed by atoms with E-state index in [1.165, 1.54) is 0 Å². The lowest BCUT2D eigenvalue weighted by atomic mass is 10.2. The fraction of sp³-hybridized carbons (Fsp3) is 0.500. The number of anilines is 1. The van der Waals surface area contributed by atoms with E-state index in [2.05, 4.69) is 22.2 Å². The summed E-state index contributed by atoms with van der Waals surface area (Å²) in [7, 11) is 2.12. The number of hydrogen-bond acceptors (Lipinski definition) is 4. The number of likely N-dealkylation sites (tertiary alicyclic amines) is 1. The van der Waals surface area contributed by atoms with Crippen molar-refractivity contribution in [3.63, 3.8) is 0 Å². The highest BCUT2D eigenvalue weighted by molar-refractivity contribution is 5.93. The zero-order valence-corrected chi connectivity index (χ0v) is 9.63. The number of carbonyl (C=O) groups is 1. The summed E-state index contributed by atoms with van der Waals surface area (Å²) in [6, 6.07) is 3.64. The number of nitrogens with one attached hydrogen (secondary N) is 1. The van der Waals surface area contributed by atoms with E-state index in [0.29, 0.717) is 23.7 Å². The van der Waals surface area contributed by atoms with Crippen molar-refractivity contribution >= 4 is 11.8 Å². The number of pyridine rings is 1. The molecule has 1 aliphatic heterocycles. The summed E-state index contributed by atoms with van der Waals surface area (Å²) in [4.78, 5) is 17.5. The highest BCUT2D eigenvalue weighted by atomic mass is 16.4. The molecule has 0 amide bonds. The standard InChI is InChI=1S/C12H15N3O2/c1-15-5-8-9(6-15)10(8)14-11-7(12(16)17)3-2-4-13-11/h2-4,8-10H,5-6H2,1H3,(H,13,14)(H,16,17)/t8-,9+,10?. The second-order valence-electron chi connectivity index (χ2n) is 4.92. The minimum atomic E-state index is -0.927. The Bertz CT molecular complexity index is 451. The molecule has 17 heavy (non-hydrogen) atoms. The highest BCUT2D eigenvalue weighted by Crippen LogP contribution is 2.46. The third-order valence-electron chi connectivity index (χ3n) is 3.72. The molecule has 2 heterocycles. The van der Waals surface area contributed by atoms with Crippen molar-refractivity contribution in [1.82, 2.24) is 9.88 Å². The Labute approximate surface area is 99.5 Å². The Kier molecular flexibility index (Phi) is 2.29. The molecule has 1 aliphatic carbocycles. The van der Waals surface area contributed by atoms with E-state index in [1.807, 2.05) is 0 Å². The van der Waals surface area contributed by atoms with Gasteiger partial charge in [-0.3, -0.25) is 0 Å². The number of aromatic carboxylic acids is 1. The SMILES string of the molecule is CN1C[C@@H]2C(Nc3ncccc3C(=O)O)[C@@H]2C1. The monoisotopic (exact) mass is 233 g/mol. The van der Waals surface area contributed by atoms with Crippen LogP contribution in [0.4, 0.5) is 5.82 Å². The molecular weight excluding hydrogens is 218 g/mol. The number of fused-ring (bicyclic) bond motifs is 1. The normalized spacial score (nSPS) is 31.0. The van der Waals surface area contributed by atoms with Gasteiger partial charge in [0, 0.05) is 25.3 Å².